The van der Waals surface area contributed by atoms with E-state index in [1.165, 1.54) is 29.4 Å². The topological polar surface area (TPSA) is 88.7 Å². The summed E-state index contributed by atoms with van der Waals surface area (Å²) in [6, 6.07) is 5.90. The van der Waals surface area contributed by atoms with Gasteiger partial charge in [-0.05, 0) is 23.8 Å². The summed E-state index contributed by atoms with van der Waals surface area (Å²) in [5, 5.41) is 14.4. The highest BCUT2D eigenvalue weighted by atomic mass is 19.1. The highest BCUT2D eigenvalue weighted by Gasteiger charge is 2.33. The molecule has 29 heavy (non-hydrogen) atoms. The Morgan fingerprint density at radius 2 is 1.86 bits per heavy atom. The van der Waals surface area contributed by atoms with E-state index in [0.29, 0.717) is 44.1 Å². The van der Waals surface area contributed by atoms with Crippen molar-refractivity contribution < 1.29 is 13.6 Å². The molecule has 0 N–H and O–H groups in total. The maximum absolute atomic E-state index is 13.6. The van der Waals surface area contributed by atoms with Gasteiger partial charge in [0.2, 0.25) is 5.95 Å². The molecule has 2 aromatic rings. The number of carbonyl (C=O) groups is 1. The van der Waals surface area contributed by atoms with Gasteiger partial charge in [-0.25, -0.2) is 28.6 Å². The number of urea groups is 1. The second-order valence-electron chi connectivity index (χ2n) is 6.71. The molecular formula is C19H17F2N7O. The molecule has 0 saturated carbocycles. The molecule has 1 aromatic heterocycles. The maximum atomic E-state index is 13.6. The van der Waals surface area contributed by atoms with Gasteiger partial charge in [-0.1, -0.05) is 0 Å². The first kappa shape index (κ1) is 18.7. The Morgan fingerprint density at radius 1 is 1.14 bits per heavy atom. The first-order valence-electron chi connectivity index (χ1n) is 9.10. The van der Waals surface area contributed by atoms with E-state index in [2.05, 4.69) is 15.1 Å². The second kappa shape index (κ2) is 7.79. The van der Waals surface area contributed by atoms with Crippen molar-refractivity contribution in [1.82, 2.24) is 19.9 Å². The number of aromatic nitrogens is 2. The van der Waals surface area contributed by atoms with E-state index in [1.54, 1.807) is 11.1 Å². The summed E-state index contributed by atoms with van der Waals surface area (Å²) >= 11 is 0. The van der Waals surface area contributed by atoms with Gasteiger partial charge in [-0.2, -0.15) is 10.4 Å². The van der Waals surface area contributed by atoms with E-state index >= 15 is 0 Å². The number of hydrogen-bond acceptors (Lipinski definition) is 6. The lowest BCUT2D eigenvalue weighted by Crippen LogP contribution is -2.52. The van der Waals surface area contributed by atoms with E-state index in [9.17, 15) is 13.6 Å². The van der Waals surface area contributed by atoms with E-state index in [1.807, 2.05) is 11.0 Å². The third-order valence-corrected chi connectivity index (χ3v) is 4.89. The number of nitriles is 1. The van der Waals surface area contributed by atoms with Crippen LogP contribution in [0.15, 0.2) is 35.6 Å². The number of anilines is 1. The number of rotatable bonds is 2. The Morgan fingerprint density at radius 3 is 2.55 bits per heavy atom. The van der Waals surface area contributed by atoms with Crippen LogP contribution in [0.5, 0.6) is 0 Å². The minimum Gasteiger partial charge on any atom is -0.337 e. The molecule has 3 heterocycles. The summed E-state index contributed by atoms with van der Waals surface area (Å²) < 4.78 is 27.2. The highest BCUT2D eigenvalue weighted by molar-refractivity contribution is 5.78. The van der Waals surface area contributed by atoms with E-state index in [0.717, 1.165) is 6.07 Å². The van der Waals surface area contributed by atoms with Crippen LogP contribution in [0.4, 0.5) is 19.5 Å². The molecule has 1 aromatic carbocycles. The summed E-state index contributed by atoms with van der Waals surface area (Å²) in [6.07, 6.45) is 3.49. The summed E-state index contributed by atoms with van der Waals surface area (Å²) in [4.78, 5) is 24.8. The molecule has 0 spiro atoms. The van der Waals surface area contributed by atoms with E-state index < -0.39 is 17.7 Å². The van der Waals surface area contributed by atoms with Gasteiger partial charge in [0.25, 0.3) is 0 Å². The average Bonchev–Trinajstić information content (AvgIpc) is 3.23. The Balaban J connectivity index is 1.43. The molecule has 0 unspecified atom stereocenters. The van der Waals surface area contributed by atoms with Crippen molar-refractivity contribution in [2.24, 2.45) is 5.10 Å². The van der Waals surface area contributed by atoms with Crippen molar-refractivity contribution in [3.63, 3.8) is 0 Å². The molecule has 0 radical (unpaired) electrons. The van der Waals surface area contributed by atoms with Crippen LogP contribution in [0, 0.1) is 23.0 Å². The van der Waals surface area contributed by atoms with Crippen molar-refractivity contribution in [3.05, 3.63) is 53.4 Å². The highest BCUT2D eigenvalue weighted by Crippen LogP contribution is 2.30. The molecule has 4 rings (SSSR count). The monoisotopic (exact) mass is 397 g/mol. The lowest BCUT2D eigenvalue weighted by Gasteiger charge is -2.37. The van der Waals surface area contributed by atoms with Crippen molar-refractivity contribution in [3.8, 4) is 6.07 Å². The van der Waals surface area contributed by atoms with Crippen molar-refractivity contribution in [2.75, 3.05) is 31.1 Å². The zero-order valence-electron chi connectivity index (χ0n) is 15.4. The van der Waals surface area contributed by atoms with E-state index in [-0.39, 0.29) is 11.7 Å². The molecule has 1 atom stereocenters. The zero-order chi connectivity index (χ0) is 20.4. The molecule has 1 fully saturated rings. The number of amides is 2. The normalized spacial score (nSPS) is 18.8. The fourth-order valence-electron chi connectivity index (χ4n) is 3.45. The van der Waals surface area contributed by atoms with Gasteiger partial charge in [-0.3, -0.25) is 0 Å². The predicted octanol–water partition coefficient (Wildman–Crippen LogP) is 2.30. The summed E-state index contributed by atoms with van der Waals surface area (Å²) in [6.45, 7) is 1.82. The zero-order valence-corrected chi connectivity index (χ0v) is 15.4. The van der Waals surface area contributed by atoms with Gasteiger partial charge in [0, 0.05) is 51.1 Å². The fourth-order valence-corrected chi connectivity index (χ4v) is 3.45. The standard InChI is InChI=1S/C19H17F2N7O/c20-14-9-13(10-15(21)11-14)17-2-4-24-28(17)19(29)27-7-5-26(6-8-27)18-23-3-1-16(12-22)25-18/h1,3-4,9-11,17H,2,5-8H2/t17-/m0/s1. The van der Waals surface area contributed by atoms with Crippen LogP contribution in [-0.2, 0) is 0 Å². The van der Waals surface area contributed by atoms with Gasteiger partial charge in [0.05, 0.1) is 6.04 Å². The number of nitrogens with zero attached hydrogens (tertiary/aromatic N) is 7. The third-order valence-electron chi connectivity index (χ3n) is 4.89. The van der Waals surface area contributed by atoms with Gasteiger partial charge in [0.15, 0.2) is 0 Å². The first-order chi connectivity index (χ1) is 14.0. The number of benzene rings is 1. The third kappa shape index (κ3) is 3.85. The summed E-state index contributed by atoms with van der Waals surface area (Å²) in [5.41, 5.74) is 0.652. The van der Waals surface area contributed by atoms with Gasteiger partial charge >= 0.3 is 6.03 Å². The van der Waals surface area contributed by atoms with Crippen LogP contribution in [-0.4, -0.2) is 58.3 Å². The minimum absolute atomic E-state index is 0.282. The van der Waals surface area contributed by atoms with Crippen LogP contribution >= 0.6 is 0 Å². The number of hydrogen-bond donors (Lipinski definition) is 0. The SMILES string of the molecule is N#Cc1ccnc(N2CCN(C(=O)N3N=CC[C@H]3c3cc(F)cc(F)c3)CC2)n1. The quantitative estimate of drug-likeness (QED) is 0.776. The van der Waals surface area contributed by atoms with E-state index in [4.69, 9.17) is 5.26 Å². The molecule has 2 aliphatic heterocycles. The van der Waals surface area contributed by atoms with Crippen molar-refractivity contribution in [1.29, 1.82) is 5.26 Å². The number of piperazine rings is 1. The molecule has 148 valence electrons. The molecular weight excluding hydrogens is 380 g/mol. The molecule has 2 aliphatic rings. The van der Waals surface area contributed by atoms with Crippen LogP contribution in [0.25, 0.3) is 0 Å². The van der Waals surface area contributed by atoms with Gasteiger partial charge < -0.3 is 9.80 Å². The summed E-state index contributed by atoms with van der Waals surface area (Å²) in [7, 11) is 0. The Labute approximate surface area is 165 Å². The summed E-state index contributed by atoms with van der Waals surface area (Å²) in [5.74, 6) is -0.927. The van der Waals surface area contributed by atoms with Crippen LogP contribution in [0.2, 0.25) is 0 Å². The molecule has 10 heteroatoms. The smallest absolute Gasteiger partial charge is 0.337 e. The van der Waals surface area contributed by atoms with Crippen molar-refractivity contribution >= 4 is 18.2 Å². The fraction of sp³-hybridized carbons (Fsp3) is 0.316. The van der Waals surface area contributed by atoms with Gasteiger partial charge in [-0.15, -0.1) is 0 Å². The Kier molecular flexibility index (Phi) is 5.03. The Bertz CT molecular complexity index is 978. The number of carbonyl (C=O) groups excluding carboxylic acids is 1. The lowest BCUT2D eigenvalue weighted by molar-refractivity contribution is 0.139. The molecule has 0 aliphatic carbocycles. The van der Waals surface area contributed by atoms with Crippen LogP contribution < -0.4 is 4.90 Å². The molecule has 0 bridgehead atoms. The molecule has 1 saturated heterocycles. The largest absolute Gasteiger partial charge is 0.341 e. The van der Waals surface area contributed by atoms with Crippen LogP contribution in [0.3, 0.4) is 0 Å². The van der Waals surface area contributed by atoms with Crippen LogP contribution in [0.1, 0.15) is 23.7 Å². The first-order valence-corrected chi connectivity index (χ1v) is 9.10. The average molecular weight is 397 g/mol. The molecule has 2 amide bonds. The van der Waals surface area contributed by atoms with Gasteiger partial charge in [0.1, 0.15) is 23.4 Å². The lowest BCUT2D eigenvalue weighted by atomic mass is 10.0. The number of hydrazone groups is 1. The molecule has 8 nitrogen and oxygen atoms in total. The predicted molar refractivity (Wildman–Crippen MR) is 100.0 cm³/mol. The maximum Gasteiger partial charge on any atom is 0.341 e. The minimum atomic E-state index is -0.687. The second-order valence-corrected chi connectivity index (χ2v) is 6.71. The Hall–Kier alpha value is -3.61. The number of halogens is 2. The van der Waals surface area contributed by atoms with Crippen molar-refractivity contribution in [2.45, 2.75) is 12.5 Å².